The lowest BCUT2D eigenvalue weighted by molar-refractivity contribution is -0.00733. The standard InChI is InChI=1S/C16H16FNO3/c1-20-15(17)14-9-12(7-8-13(14)16(18)19)21-10-11-5-3-2-4-6-11/h2-9,15H,10H2,1H3,(H2,18,19). The van der Waals surface area contributed by atoms with Gasteiger partial charge in [-0.2, -0.15) is 0 Å². The van der Waals surface area contributed by atoms with Gasteiger partial charge in [0.2, 0.25) is 12.3 Å². The van der Waals surface area contributed by atoms with Crippen molar-refractivity contribution in [3.8, 4) is 5.75 Å². The SMILES string of the molecule is COC(F)c1cc(OCc2ccccc2)ccc1C(N)=O. The summed E-state index contributed by atoms with van der Waals surface area (Å²) in [6, 6.07) is 14.0. The number of hydrogen-bond donors (Lipinski definition) is 1. The molecule has 0 bridgehead atoms. The van der Waals surface area contributed by atoms with Crippen molar-refractivity contribution in [2.24, 2.45) is 5.73 Å². The molecule has 2 aromatic carbocycles. The maximum Gasteiger partial charge on any atom is 0.249 e. The minimum absolute atomic E-state index is 0.0653. The first-order chi connectivity index (χ1) is 10.1. The van der Waals surface area contributed by atoms with Crippen LogP contribution in [0.4, 0.5) is 4.39 Å². The molecule has 5 heteroatoms. The summed E-state index contributed by atoms with van der Waals surface area (Å²) >= 11 is 0. The topological polar surface area (TPSA) is 61.6 Å². The zero-order chi connectivity index (χ0) is 15.2. The minimum Gasteiger partial charge on any atom is -0.489 e. The number of halogens is 1. The number of carbonyl (C=O) groups is 1. The Morgan fingerprint density at radius 2 is 1.95 bits per heavy atom. The monoisotopic (exact) mass is 289 g/mol. The fraction of sp³-hybridized carbons (Fsp3) is 0.188. The molecular formula is C16H16FNO3. The van der Waals surface area contributed by atoms with Crippen molar-refractivity contribution in [1.29, 1.82) is 0 Å². The van der Waals surface area contributed by atoms with Crippen molar-refractivity contribution in [2.45, 2.75) is 13.0 Å². The van der Waals surface area contributed by atoms with E-state index in [1.54, 1.807) is 6.07 Å². The summed E-state index contributed by atoms with van der Waals surface area (Å²) in [4.78, 5) is 11.3. The van der Waals surface area contributed by atoms with Gasteiger partial charge >= 0.3 is 0 Å². The number of methoxy groups -OCH3 is 1. The van der Waals surface area contributed by atoms with Crippen LogP contribution in [-0.4, -0.2) is 13.0 Å². The van der Waals surface area contributed by atoms with Gasteiger partial charge in [-0.15, -0.1) is 0 Å². The quantitative estimate of drug-likeness (QED) is 0.889. The Kier molecular flexibility index (Phi) is 4.90. The predicted molar refractivity (Wildman–Crippen MR) is 76.6 cm³/mol. The van der Waals surface area contributed by atoms with E-state index >= 15 is 0 Å². The van der Waals surface area contributed by atoms with Gasteiger partial charge in [0.05, 0.1) is 0 Å². The molecule has 0 saturated heterocycles. The van der Waals surface area contributed by atoms with Crippen molar-refractivity contribution in [1.82, 2.24) is 0 Å². The summed E-state index contributed by atoms with van der Waals surface area (Å²) in [5.74, 6) is -0.266. The number of carbonyl (C=O) groups excluding carboxylic acids is 1. The van der Waals surface area contributed by atoms with Crippen molar-refractivity contribution in [3.63, 3.8) is 0 Å². The minimum atomic E-state index is -1.73. The van der Waals surface area contributed by atoms with Crippen LogP contribution in [0.25, 0.3) is 0 Å². The summed E-state index contributed by atoms with van der Waals surface area (Å²) in [5.41, 5.74) is 6.35. The Bertz CT molecular complexity index is 616. The van der Waals surface area contributed by atoms with Gasteiger partial charge in [0.1, 0.15) is 12.4 Å². The van der Waals surface area contributed by atoms with E-state index in [1.807, 2.05) is 30.3 Å². The Morgan fingerprint density at radius 1 is 1.24 bits per heavy atom. The Hall–Kier alpha value is -2.40. The largest absolute Gasteiger partial charge is 0.489 e. The molecule has 0 heterocycles. The number of rotatable bonds is 6. The molecule has 0 aromatic heterocycles. The maximum absolute atomic E-state index is 13.7. The molecule has 0 aliphatic carbocycles. The lowest BCUT2D eigenvalue weighted by atomic mass is 10.1. The molecule has 110 valence electrons. The third kappa shape index (κ3) is 3.79. The molecule has 0 spiro atoms. The third-order valence-corrected chi connectivity index (χ3v) is 2.99. The number of nitrogens with two attached hydrogens (primary N) is 1. The first-order valence-corrected chi connectivity index (χ1v) is 6.39. The number of amides is 1. The average molecular weight is 289 g/mol. The molecule has 0 fully saturated rings. The van der Waals surface area contributed by atoms with Crippen molar-refractivity contribution >= 4 is 5.91 Å². The molecule has 4 nitrogen and oxygen atoms in total. The highest BCUT2D eigenvalue weighted by Crippen LogP contribution is 2.27. The molecule has 1 unspecified atom stereocenters. The highest BCUT2D eigenvalue weighted by molar-refractivity contribution is 5.94. The van der Waals surface area contributed by atoms with E-state index in [1.165, 1.54) is 19.2 Å². The van der Waals surface area contributed by atoms with Crippen molar-refractivity contribution in [3.05, 3.63) is 65.2 Å². The lowest BCUT2D eigenvalue weighted by Crippen LogP contribution is -2.15. The van der Waals surface area contributed by atoms with Crippen LogP contribution in [-0.2, 0) is 11.3 Å². The second kappa shape index (κ2) is 6.85. The number of primary amides is 1. The summed E-state index contributed by atoms with van der Waals surface area (Å²) in [6.45, 7) is 0.347. The molecule has 2 N–H and O–H groups in total. The Balaban J connectivity index is 2.19. The molecule has 0 aliphatic heterocycles. The van der Waals surface area contributed by atoms with Crippen LogP contribution in [0.3, 0.4) is 0 Å². The van der Waals surface area contributed by atoms with Crippen LogP contribution in [0.2, 0.25) is 0 Å². The average Bonchev–Trinajstić information content (AvgIpc) is 2.52. The molecule has 2 rings (SSSR count). The van der Waals surface area contributed by atoms with E-state index in [9.17, 15) is 9.18 Å². The maximum atomic E-state index is 13.7. The normalized spacial score (nSPS) is 11.9. The number of alkyl halides is 1. The second-order valence-corrected chi connectivity index (χ2v) is 4.44. The van der Waals surface area contributed by atoms with E-state index in [0.717, 1.165) is 5.56 Å². The Labute approximate surface area is 122 Å². The summed E-state index contributed by atoms with van der Waals surface area (Å²) < 4.78 is 23.9. The van der Waals surface area contributed by atoms with E-state index in [4.69, 9.17) is 10.5 Å². The molecule has 0 radical (unpaired) electrons. The summed E-state index contributed by atoms with van der Waals surface area (Å²) in [7, 11) is 1.22. The molecule has 2 aromatic rings. The van der Waals surface area contributed by atoms with Crippen LogP contribution in [0, 0.1) is 0 Å². The number of ether oxygens (including phenoxy) is 2. The number of benzene rings is 2. The second-order valence-electron chi connectivity index (χ2n) is 4.44. The van der Waals surface area contributed by atoms with Crippen LogP contribution < -0.4 is 10.5 Å². The van der Waals surface area contributed by atoms with Gasteiger partial charge < -0.3 is 15.2 Å². The molecule has 1 atom stereocenters. The highest BCUT2D eigenvalue weighted by Gasteiger charge is 2.18. The first kappa shape index (κ1) is 15.0. The van der Waals surface area contributed by atoms with Gasteiger partial charge in [-0.05, 0) is 23.8 Å². The van der Waals surface area contributed by atoms with E-state index < -0.39 is 12.3 Å². The molecule has 0 aliphatic rings. The van der Waals surface area contributed by atoms with Gasteiger partial charge in [-0.25, -0.2) is 4.39 Å². The molecule has 21 heavy (non-hydrogen) atoms. The zero-order valence-electron chi connectivity index (χ0n) is 11.6. The van der Waals surface area contributed by atoms with Crippen LogP contribution in [0.5, 0.6) is 5.75 Å². The van der Waals surface area contributed by atoms with Gasteiger partial charge in [0.25, 0.3) is 0 Å². The summed E-state index contributed by atoms with van der Waals surface area (Å²) in [6.07, 6.45) is -1.73. The van der Waals surface area contributed by atoms with Crippen molar-refractivity contribution in [2.75, 3.05) is 7.11 Å². The molecule has 1 amide bonds. The van der Waals surface area contributed by atoms with Crippen LogP contribution in [0.15, 0.2) is 48.5 Å². The van der Waals surface area contributed by atoms with Gasteiger partial charge in [-0.3, -0.25) is 4.79 Å². The van der Waals surface area contributed by atoms with Gasteiger partial charge in [-0.1, -0.05) is 30.3 Å². The fourth-order valence-corrected chi connectivity index (χ4v) is 1.91. The lowest BCUT2D eigenvalue weighted by Gasteiger charge is -2.13. The number of hydrogen-bond acceptors (Lipinski definition) is 3. The summed E-state index contributed by atoms with van der Waals surface area (Å²) in [5, 5.41) is 0. The Morgan fingerprint density at radius 3 is 2.57 bits per heavy atom. The smallest absolute Gasteiger partial charge is 0.249 e. The third-order valence-electron chi connectivity index (χ3n) is 2.99. The zero-order valence-corrected chi connectivity index (χ0v) is 11.6. The fourth-order valence-electron chi connectivity index (χ4n) is 1.91. The highest BCUT2D eigenvalue weighted by atomic mass is 19.1. The van der Waals surface area contributed by atoms with Crippen molar-refractivity contribution < 1.29 is 18.7 Å². The van der Waals surface area contributed by atoms with E-state index in [0.29, 0.717) is 12.4 Å². The van der Waals surface area contributed by atoms with Crippen LogP contribution in [0.1, 0.15) is 27.8 Å². The van der Waals surface area contributed by atoms with E-state index in [-0.39, 0.29) is 11.1 Å². The van der Waals surface area contributed by atoms with E-state index in [2.05, 4.69) is 4.74 Å². The first-order valence-electron chi connectivity index (χ1n) is 6.39. The van der Waals surface area contributed by atoms with Gasteiger partial charge in [0.15, 0.2) is 0 Å². The predicted octanol–water partition coefficient (Wildman–Crippen LogP) is 2.98. The molecule has 0 saturated carbocycles. The van der Waals surface area contributed by atoms with Crippen LogP contribution >= 0.6 is 0 Å². The van der Waals surface area contributed by atoms with Gasteiger partial charge in [0, 0.05) is 18.2 Å². The molecular weight excluding hydrogens is 273 g/mol.